The minimum Gasteiger partial charge on any atom is -0.392 e. The van der Waals surface area contributed by atoms with Gasteiger partial charge in [0.1, 0.15) is 0 Å². The standard InChI is InChI=1S/C33H36F3N3O4S/c1-22(20-39-16-15-27(40)21-39)24-13-14-29-25(17-24)9-5-12-30(29)37-32(41)19-31(23-7-3-2-4-8-23)38-44(42,43)28-11-6-10-26(18-28)33(34,35)36/h2-4,6-8,10-11,13-14,17-18,27,30-31,38,40H,1,5,9,12,15-16,19-21H2,(H,37,41)/t27-,30-,31-/m1/s1. The van der Waals surface area contributed by atoms with E-state index in [4.69, 9.17) is 0 Å². The molecule has 1 fully saturated rings. The average molecular weight is 628 g/mol. The number of aliphatic hydroxyl groups is 1. The van der Waals surface area contributed by atoms with Crippen LogP contribution in [0.3, 0.4) is 0 Å². The van der Waals surface area contributed by atoms with Crippen molar-refractivity contribution in [1.29, 1.82) is 0 Å². The molecule has 5 rings (SSSR count). The van der Waals surface area contributed by atoms with Crippen molar-refractivity contribution in [3.05, 3.63) is 107 Å². The number of nitrogens with one attached hydrogen (secondary N) is 2. The van der Waals surface area contributed by atoms with Gasteiger partial charge in [-0.25, -0.2) is 13.1 Å². The number of nitrogens with zero attached hydrogens (tertiary/aromatic N) is 1. The molecule has 0 spiro atoms. The molecule has 234 valence electrons. The summed E-state index contributed by atoms with van der Waals surface area (Å²) in [5.74, 6) is -0.385. The van der Waals surface area contributed by atoms with E-state index in [0.29, 0.717) is 24.7 Å². The third kappa shape index (κ3) is 7.76. The van der Waals surface area contributed by atoms with Crippen LogP contribution in [0.5, 0.6) is 0 Å². The van der Waals surface area contributed by atoms with Gasteiger partial charge in [-0.15, -0.1) is 0 Å². The largest absolute Gasteiger partial charge is 0.416 e. The number of sulfonamides is 1. The number of benzene rings is 3. The highest BCUT2D eigenvalue weighted by Crippen LogP contribution is 2.33. The number of aryl methyl sites for hydroxylation is 1. The zero-order chi connectivity index (χ0) is 31.5. The molecule has 44 heavy (non-hydrogen) atoms. The predicted octanol–water partition coefficient (Wildman–Crippen LogP) is 5.39. The van der Waals surface area contributed by atoms with Crippen LogP contribution in [0.25, 0.3) is 5.57 Å². The van der Waals surface area contributed by atoms with Gasteiger partial charge in [0.05, 0.1) is 28.6 Å². The van der Waals surface area contributed by atoms with Gasteiger partial charge in [-0.3, -0.25) is 9.69 Å². The molecular formula is C33H36F3N3O4S. The molecule has 0 radical (unpaired) electrons. The topological polar surface area (TPSA) is 98.7 Å². The third-order valence-corrected chi connectivity index (χ3v) is 9.69. The van der Waals surface area contributed by atoms with Gasteiger partial charge in [0.15, 0.2) is 0 Å². The van der Waals surface area contributed by atoms with Crippen molar-refractivity contribution in [2.75, 3.05) is 19.6 Å². The third-order valence-electron chi connectivity index (χ3n) is 8.22. The number of rotatable bonds is 10. The zero-order valence-electron chi connectivity index (χ0n) is 24.2. The van der Waals surface area contributed by atoms with E-state index in [-0.39, 0.29) is 24.5 Å². The molecule has 1 aliphatic carbocycles. The molecule has 1 aliphatic heterocycles. The number of β-amino-alcohol motifs (C(OH)–C–C–N with tert-alkyl or cyclic N) is 1. The number of likely N-dealkylation sites (tertiary alicyclic amines) is 1. The lowest BCUT2D eigenvalue weighted by atomic mass is 9.85. The fourth-order valence-electron chi connectivity index (χ4n) is 5.95. The van der Waals surface area contributed by atoms with Crippen molar-refractivity contribution in [2.24, 2.45) is 0 Å². The van der Waals surface area contributed by atoms with Gasteiger partial charge in [-0.2, -0.15) is 13.2 Å². The summed E-state index contributed by atoms with van der Waals surface area (Å²) < 4.78 is 68.6. The van der Waals surface area contributed by atoms with Crippen LogP contribution in [0.1, 0.15) is 65.6 Å². The lowest BCUT2D eigenvalue weighted by Crippen LogP contribution is -2.36. The SMILES string of the molecule is C=C(CN1CC[C@@H](O)C1)c1ccc2c(c1)CCC[C@H]2NC(=O)C[C@@H](NS(=O)(=O)c1cccc(C(F)(F)F)c1)c1ccccc1. The van der Waals surface area contributed by atoms with Gasteiger partial charge in [-0.05, 0) is 71.7 Å². The van der Waals surface area contributed by atoms with E-state index in [0.717, 1.165) is 72.7 Å². The Morgan fingerprint density at radius 2 is 1.82 bits per heavy atom. The maximum Gasteiger partial charge on any atom is 0.416 e. The highest BCUT2D eigenvalue weighted by molar-refractivity contribution is 7.89. The summed E-state index contributed by atoms with van der Waals surface area (Å²) in [6.07, 6.45) is -2.05. The number of amides is 1. The lowest BCUT2D eigenvalue weighted by molar-refractivity contribution is -0.137. The first-order valence-electron chi connectivity index (χ1n) is 14.6. The molecule has 7 nitrogen and oxygen atoms in total. The van der Waals surface area contributed by atoms with Crippen molar-refractivity contribution < 1.29 is 31.5 Å². The molecule has 0 bridgehead atoms. The summed E-state index contributed by atoms with van der Waals surface area (Å²) in [7, 11) is -4.40. The Kier molecular flexibility index (Phi) is 9.59. The smallest absolute Gasteiger partial charge is 0.392 e. The molecule has 3 aromatic rings. The molecular weight excluding hydrogens is 591 g/mol. The van der Waals surface area contributed by atoms with Gasteiger partial charge < -0.3 is 10.4 Å². The minimum absolute atomic E-state index is 0.245. The van der Waals surface area contributed by atoms with Crippen molar-refractivity contribution in [1.82, 2.24) is 14.9 Å². The number of carbonyl (C=O) groups is 1. The lowest BCUT2D eigenvalue weighted by Gasteiger charge is -2.28. The van der Waals surface area contributed by atoms with E-state index in [1.807, 2.05) is 12.1 Å². The number of alkyl halides is 3. The normalized spacial score (nSPS) is 19.7. The van der Waals surface area contributed by atoms with Gasteiger partial charge in [0, 0.05) is 26.1 Å². The molecule has 0 aromatic heterocycles. The van der Waals surface area contributed by atoms with Crippen molar-refractivity contribution in [3.8, 4) is 0 Å². The molecule has 3 aromatic carbocycles. The van der Waals surface area contributed by atoms with Crippen LogP contribution in [-0.4, -0.2) is 50.1 Å². The van der Waals surface area contributed by atoms with Gasteiger partial charge >= 0.3 is 6.18 Å². The molecule has 0 unspecified atom stereocenters. The maximum absolute atomic E-state index is 13.4. The van der Waals surface area contributed by atoms with Gasteiger partial charge in [0.25, 0.3) is 0 Å². The Labute approximate surface area is 255 Å². The molecule has 1 amide bonds. The monoisotopic (exact) mass is 627 g/mol. The number of hydrogen-bond acceptors (Lipinski definition) is 5. The second-order valence-electron chi connectivity index (χ2n) is 11.5. The molecule has 3 atom stereocenters. The molecule has 1 heterocycles. The molecule has 0 saturated carbocycles. The van der Waals surface area contributed by atoms with E-state index in [9.17, 15) is 31.5 Å². The van der Waals surface area contributed by atoms with Crippen molar-refractivity contribution in [3.63, 3.8) is 0 Å². The molecule has 3 N–H and O–H groups in total. The van der Waals surface area contributed by atoms with Crippen LogP contribution < -0.4 is 10.0 Å². The van der Waals surface area contributed by atoms with Crippen LogP contribution in [0, 0.1) is 0 Å². The van der Waals surface area contributed by atoms with E-state index >= 15 is 0 Å². The van der Waals surface area contributed by atoms with Crippen LogP contribution in [-0.2, 0) is 27.4 Å². The fraction of sp³-hybridized carbons (Fsp3) is 0.364. The molecule has 2 aliphatic rings. The first-order chi connectivity index (χ1) is 20.9. The number of carbonyl (C=O) groups excluding carboxylic acids is 1. The van der Waals surface area contributed by atoms with Crippen LogP contribution >= 0.6 is 0 Å². The Morgan fingerprint density at radius 3 is 2.52 bits per heavy atom. The van der Waals surface area contributed by atoms with E-state index in [1.165, 1.54) is 0 Å². The molecule has 1 saturated heterocycles. The van der Waals surface area contributed by atoms with Crippen LogP contribution in [0.15, 0.2) is 84.3 Å². The van der Waals surface area contributed by atoms with Gasteiger partial charge in [-0.1, -0.05) is 61.2 Å². The zero-order valence-corrected chi connectivity index (χ0v) is 25.0. The summed E-state index contributed by atoms with van der Waals surface area (Å²) >= 11 is 0. The second kappa shape index (κ2) is 13.2. The maximum atomic E-state index is 13.4. The fourth-order valence-corrected chi connectivity index (χ4v) is 7.22. The van der Waals surface area contributed by atoms with E-state index in [1.54, 1.807) is 30.3 Å². The summed E-state index contributed by atoms with van der Waals surface area (Å²) in [5, 5.41) is 12.9. The average Bonchev–Trinajstić information content (AvgIpc) is 3.40. The predicted molar refractivity (Wildman–Crippen MR) is 162 cm³/mol. The number of fused-ring (bicyclic) bond motifs is 1. The summed E-state index contributed by atoms with van der Waals surface area (Å²) in [6, 6.07) is 16.8. The Hall–Kier alpha value is -3.51. The van der Waals surface area contributed by atoms with Crippen molar-refractivity contribution >= 4 is 21.5 Å². The Bertz CT molecular complexity index is 1610. The summed E-state index contributed by atoms with van der Waals surface area (Å²) in [5.41, 5.74) is 3.53. The summed E-state index contributed by atoms with van der Waals surface area (Å²) in [4.78, 5) is 15.0. The number of aliphatic hydroxyl groups excluding tert-OH is 1. The highest BCUT2D eigenvalue weighted by atomic mass is 32.2. The minimum atomic E-state index is -4.70. The summed E-state index contributed by atoms with van der Waals surface area (Å²) in [6.45, 7) is 6.40. The highest BCUT2D eigenvalue weighted by Gasteiger charge is 2.33. The first-order valence-corrected chi connectivity index (χ1v) is 16.1. The Balaban J connectivity index is 1.30. The van der Waals surface area contributed by atoms with Gasteiger partial charge in [0.2, 0.25) is 15.9 Å². The van der Waals surface area contributed by atoms with E-state index < -0.39 is 32.7 Å². The Morgan fingerprint density at radius 1 is 1.05 bits per heavy atom. The van der Waals surface area contributed by atoms with Crippen LogP contribution in [0.2, 0.25) is 0 Å². The van der Waals surface area contributed by atoms with E-state index in [2.05, 4.69) is 27.6 Å². The first kappa shape index (κ1) is 31.9. The number of halogens is 3. The van der Waals surface area contributed by atoms with Crippen molar-refractivity contribution in [2.45, 2.75) is 61.4 Å². The number of hydrogen-bond donors (Lipinski definition) is 3. The molecule has 11 heteroatoms. The van der Waals surface area contributed by atoms with Crippen LogP contribution in [0.4, 0.5) is 13.2 Å². The second-order valence-corrected chi connectivity index (χ2v) is 13.2. The quantitative estimate of drug-likeness (QED) is 0.280.